The van der Waals surface area contributed by atoms with Gasteiger partial charge in [0, 0.05) is 6.07 Å². The largest absolute Gasteiger partial charge is 0.494 e. The van der Waals surface area contributed by atoms with Gasteiger partial charge in [0.1, 0.15) is 17.4 Å². The van der Waals surface area contributed by atoms with Gasteiger partial charge in [-0.1, -0.05) is 24.3 Å². The lowest BCUT2D eigenvalue weighted by Gasteiger charge is -2.16. The predicted molar refractivity (Wildman–Crippen MR) is 110 cm³/mol. The molecule has 0 saturated carbocycles. The number of carbonyl (C=O) groups is 1. The van der Waals surface area contributed by atoms with E-state index < -0.39 is 34.6 Å². The molecule has 2 aromatic carbocycles. The average molecular weight is 437 g/mol. The Balaban J connectivity index is 1.99. The van der Waals surface area contributed by atoms with E-state index in [9.17, 15) is 34.5 Å². The van der Waals surface area contributed by atoms with Crippen LogP contribution < -0.4 is 10.3 Å². The average Bonchev–Trinajstić information content (AvgIpc) is 2.77. The number of carbonyl (C=O) groups excluding carboxylic acids is 1. The summed E-state index contributed by atoms with van der Waals surface area (Å²) in [5.41, 5.74) is -1.42. The van der Waals surface area contributed by atoms with Crippen LogP contribution in [-0.4, -0.2) is 27.0 Å². The van der Waals surface area contributed by atoms with Crippen LogP contribution in [0.3, 0.4) is 0 Å². The highest BCUT2D eigenvalue weighted by Crippen LogP contribution is 2.27. The van der Waals surface area contributed by atoms with Crippen molar-refractivity contribution in [3.8, 4) is 17.7 Å². The Labute approximate surface area is 180 Å². The molecular weight excluding hydrogens is 421 g/mol. The molecule has 0 atom stereocenters. The maximum Gasteiger partial charge on any atom is 0.310 e. The Kier molecular flexibility index (Phi) is 6.30. The normalized spacial score (nSPS) is 10.4. The van der Waals surface area contributed by atoms with Crippen molar-refractivity contribution < 1.29 is 24.0 Å². The standard InChI is InChI=1S/C22H16FN3O6/c1-13-16(10-24)21(28)25(11-14-6-8-15(23)9-7-14)22(29)20(13)18(27)12-32-19-5-3-2-4-17(19)26(30)31/h2-9,29H,11-12H2,1H3. The number of aromatic nitrogens is 1. The lowest BCUT2D eigenvalue weighted by molar-refractivity contribution is -0.385. The SMILES string of the molecule is Cc1c(C(=O)COc2ccccc2[N+](=O)[O-])c(O)n(Cc2ccc(F)cc2)c(=O)c1C#N. The molecule has 0 aliphatic rings. The first-order chi connectivity index (χ1) is 15.2. The fourth-order valence-electron chi connectivity index (χ4n) is 3.15. The number of nitro groups is 1. The number of ether oxygens (including phenoxy) is 1. The number of nitriles is 1. The van der Waals surface area contributed by atoms with Crippen molar-refractivity contribution in [2.24, 2.45) is 0 Å². The van der Waals surface area contributed by atoms with Gasteiger partial charge in [0.25, 0.3) is 5.56 Å². The first-order valence-electron chi connectivity index (χ1n) is 9.25. The highest BCUT2D eigenvalue weighted by Gasteiger charge is 2.25. The van der Waals surface area contributed by atoms with Crippen LogP contribution in [0.5, 0.6) is 11.6 Å². The van der Waals surface area contributed by atoms with E-state index >= 15 is 0 Å². The van der Waals surface area contributed by atoms with Gasteiger partial charge in [-0.25, -0.2) is 4.39 Å². The minimum Gasteiger partial charge on any atom is -0.494 e. The van der Waals surface area contributed by atoms with E-state index in [0.29, 0.717) is 5.56 Å². The van der Waals surface area contributed by atoms with E-state index in [2.05, 4.69) is 0 Å². The summed E-state index contributed by atoms with van der Waals surface area (Å²) in [6.45, 7) is 0.435. The second-order valence-corrected chi connectivity index (χ2v) is 6.76. The number of nitrogens with zero attached hydrogens (tertiary/aromatic N) is 3. The summed E-state index contributed by atoms with van der Waals surface area (Å²) in [4.78, 5) is 36.0. The Morgan fingerprint density at radius 3 is 2.53 bits per heavy atom. The molecule has 0 radical (unpaired) electrons. The number of Topliss-reactive ketones (excluding diaryl/α,β-unsaturated/α-hetero) is 1. The molecule has 0 bridgehead atoms. The van der Waals surface area contributed by atoms with Gasteiger partial charge >= 0.3 is 5.69 Å². The molecule has 0 unspecified atom stereocenters. The zero-order valence-corrected chi connectivity index (χ0v) is 16.7. The zero-order chi connectivity index (χ0) is 23.4. The van der Waals surface area contributed by atoms with Gasteiger partial charge in [-0.05, 0) is 36.2 Å². The van der Waals surface area contributed by atoms with Crippen LogP contribution in [0.25, 0.3) is 0 Å². The molecule has 0 amide bonds. The number of hydrogen-bond donors (Lipinski definition) is 1. The fourth-order valence-corrected chi connectivity index (χ4v) is 3.15. The predicted octanol–water partition coefficient (Wildman–Crippen LogP) is 3.09. The molecule has 1 heterocycles. The molecule has 0 fully saturated rings. The van der Waals surface area contributed by atoms with Crippen molar-refractivity contribution in [1.29, 1.82) is 5.26 Å². The van der Waals surface area contributed by atoms with Crippen molar-refractivity contribution in [2.75, 3.05) is 6.61 Å². The smallest absolute Gasteiger partial charge is 0.310 e. The van der Waals surface area contributed by atoms with Crippen LogP contribution in [0.1, 0.15) is 27.0 Å². The number of aromatic hydroxyl groups is 1. The highest BCUT2D eigenvalue weighted by molar-refractivity contribution is 6.01. The summed E-state index contributed by atoms with van der Waals surface area (Å²) in [5.74, 6) is -2.12. The molecule has 0 saturated heterocycles. The first-order valence-corrected chi connectivity index (χ1v) is 9.25. The zero-order valence-electron chi connectivity index (χ0n) is 16.7. The van der Waals surface area contributed by atoms with Crippen molar-refractivity contribution in [2.45, 2.75) is 13.5 Å². The number of rotatable bonds is 7. The van der Waals surface area contributed by atoms with Crippen LogP contribution in [-0.2, 0) is 6.54 Å². The second-order valence-electron chi connectivity index (χ2n) is 6.76. The maximum absolute atomic E-state index is 13.2. The third-order valence-electron chi connectivity index (χ3n) is 4.75. The van der Waals surface area contributed by atoms with Gasteiger partial charge in [-0.15, -0.1) is 0 Å². The first kappa shape index (κ1) is 22.2. The summed E-state index contributed by atoms with van der Waals surface area (Å²) in [6, 6.07) is 12.3. The number of nitro benzene ring substituents is 1. The number of ketones is 1. The van der Waals surface area contributed by atoms with Gasteiger partial charge < -0.3 is 9.84 Å². The molecule has 162 valence electrons. The van der Waals surface area contributed by atoms with Gasteiger partial charge in [-0.2, -0.15) is 5.26 Å². The van der Waals surface area contributed by atoms with E-state index in [0.717, 1.165) is 4.57 Å². The van der Waals surface area contributed by atoms with Gasteiger partial charge in [0.15, 0.2) is 12.4 Å². The molecule has 3 aromatic rings. The second kappa shape index (κ2) is 9.09. The summed E-state index contributed by atoms with van der Waals surface area (Å²) >= 11 is 0. The van der Waals surface area contributed by atoms with Gasteiger partial charge in [0.2, 0.25) is 11.7 Å². The summed E-state index contributed by atoms with van der Waals surface area (Å²) in [5, 5.41) is 31.2. The molecule has 0 aliphatic heterocycles. The van der Waals surface area contributed by atoms with Crippen molar-refractivity contribution in [3.63, 3.8) is 0 Å². The number of hydrogen-bond acceptors (Lipinski definition) is 7. The van der Waals surface area contributed by atoms with E-state index in [-0.39, 0.29) is 34.7 Å². The molecule has 3 rings (SSSR count). The molecule has 0 aliphatic carbocycles. The lowest BCUT2D eigenvalue weighted by Crippen LogP contribution is -2.28. The van der Waals surface area contributed by atoms with E-state index in [1.165, 1.54) is 55.5 Å². The maximum atomic E-state index is 13.2. The van der Waals surface area contributed by atoms with Crippen LogP contribution in [0.4, 0.5) is 10.1 Å². The molecule has 10 heteroatoms. The summed E-state index contributed by atoms with van der Waals surface area (Å²) in [6.07, 6.45) is 0. The van der Waals surface area contributed by atoms with Crippen LogP contribution in [0, 0.1) is 34.2 Å². The van der Waals surface area contributed by atoms with Crippen molar-refractivity contribution in [1.82, 2.24) is 4.57 Å². The Morgan fingerprint density at radius 2 is 1.91 bits per heavy atom. The third kappa shape index (κ3) is 4.32. The quantitative estimate of drug-likeness (QED) is 0.341. The Morgan fingerprint density at radius 1 is 1.25 bits per heavy atom. The van der Waals surface area contributed by atoms with E-state index in [1.54, 1.807) is 6.07 Å². The minimum absolute atomic E-state index is 0.0403. The summed E-state index contributed by atoms with van der Waals surface area (Å²) < 4.78 is 19.3. The monoisotopic (exact) mass is 437 g/mol. The minimum atomic E-state index is -0.817. The molecule has 32 heavy (non-hydrogen) atoms. The number of para-hydroxylation sites is 2. The van der Waals surface area contributed by atoms with Gasteiger partial charge in [-0.3, -0.25) is 24.3 Å². The molecule has 9 nitrogen and oxygen atoms in total. The van der Waals surface area contributed by atoms with Crippen LogP contribution >= 0.6 is 0 Å². The van der Waals surface area contributed by atoms with Crippen LogP contribution in [0.15, 0.2) is 53.3 Å². The van der Waals surface area contributed by atoms with Crippen molar-refractivity contribution in [3.05, 3.63) is 97.1 Å². The highest BCUT2D eigenvalue weighted by atomic mass is 19.1. The Bertz CT molecular complexity index is 1310. The molecule has 1 N–H and O–H groups in total. The molecular formula is C22H16FN3O6. The van der Waals surface area contributed by atoms with Gasteiger partial charge in [0.05, 0.1) is 17.0 Å². The Hall–Kier alpha value is -4.52. The number of pyridine rings is 1. The lowest BCUT2D eigenvalue weighted by atomic mass is 10.0. The fraction of sp³-hybridized carbons (Fsp3) is 0.136. The van der Waals surface area contributed by atoms with Crippen molar-refractivity contribution >= 4 is 11.5 Å². The summed E-state index contributed by atoms with van der Waals surface area (Å²) in [7, 11) is 0. The molecule has 1 aromatic heterocycles. The van der Waals surface area contributed by atoms with E-state index in [1.807, 2.05) is 0 Å². The number of benzene rings is 2. The third-order valence-corrected chi connectivity index (χ3v) is 4.75. The van der Waals surface area contributed by atoms with Crippen LogP contribution in [0.2, 0.25) is 0 Å². The topological polar surface area (TPSA) is 135 Å². The van der Waals surface area contributed by atoms with E-state index in [4.69, 9.17) is 4.74 Å². The molecule has 0 spiro atoms. The number of halogens is 1.